The Kier molecular flexibility index (Phi) is 4.99. The number of ether oxygens (including phenoxy) is 2. The summed E-state index contributed by atoms with van der Waals surface area (Å²) in [5.41, 5.74) is 0. The fraction of sp³-hybridized carbons (Fsp3) is 0.412. The number of hydrogen-bond acceptors (Lipinski definition) is 5. The molecule has 0 saturated heterocycles. The Bertz CT molecular complexity index is 730. The monoisotopic (exact) mass is 347 g/mol. The van der Waals surface area contributed by atoms with Crippen molar-refractivity contribution in [1.29, 1.82) is 0 Å². The van der Waals surface area contributed by atoms with Gasteiger partial charge in [-0.1, -0.05) is 0 Å². The Morgan fingerprint density at radius 3 is 2.71 bits per heavy atom. The summed E-state index contributed by atoms with van der Waals surface area (Å²) in [6.07, 6.45) is 1.69. The molecule has 1 aromatic carbocycles. The number of benzene rings is 1. The quantitative estimate of drug-likeness (QED) is 0.840. The maximum absolute atomic E-state index is 12.4. The van der Waals surface area contributed by atoms with Crippen molar-refractivity contribution in [1.82, 2.24) is 9.78 Å². The molecule has 6 nitrogen and oxygen atoms in total. The van der Waals surface area contributed by atoms with Crippen molar-refractivity contribution in [2.75, 3.05) is 18.5 Å². The molecule has 7 heteroatoms. The van der Waals surface area contributed by atoms with Crippen molar-refractivity contribution >= 4 is 23.5 Å². The van der Waals surface area contributed by atoms with E-state index in [9.17, 15) is 4.79 Å². The van der Waals surface area contributed by atoms with E-state index in [1.54, 1.807) is 16.9 Å². The lowest BCUT2D eigenvalue weighted by atomic mass is 10.3. The fourth-order valence-electron chi connectivity index (χ4n) is 2.41. The number of fused-ring (bicyclic) bond motifs is 1. The van der Waals surface area contributed by atoms with Gasteiger partial charge in [0.05, 0.1) is 11.4 Å². The van der Waals surface area contributed by atoms with Gasteiger partial charge in [0.1, 0.15) is 19.0 Å². The maximum atomic E-state index is 12.4. The largest absolute Gasteiger partial charge is 0.486 e. The van der Waals surface area contributed by atoms with Crippen molar-refractivity contribution in [3.8, 4) is 11.5 Å². The normalized spacial score (nSPS) is 14.5. The molecule has 2 aromatic rings. The van der Waals surface area contributed by atoms with E-state index in [2.05, 4.69) is 10.4 Å². The number of nitrogens with one attached hydrogen (secondary N) is 1. The van der Waals surface area contributed by atoms with Crippen LogP contribution >= 0.6 is 11.8 Å². The van der Waals surface area contributed by atoms with Crippen LogP contribution in [-0.2, 0) is 4.79 Å². The smallest absolute Gasteiger partial charge is 0.238 e. The van der Waals surface area contributed by atoms with Crippen LogP contribution in [0.4, 0.5) is 5.82 Å². The first kappa shape index (κ1) is 16.7. The van der Waals surface area contributed by atoms with Crippen LogP contribution < -0.4 is 14.8 Å². The molecule has 3 rings (SSSR count). The molecular formula is C17H21N3O3S. The van der Waals surface area contributed by atoms with E-state index >= 15 is 0 Å². The van der Waals surface area contributed by atoms with Crippen LogP contribution in [0.25, 0.3) is 0 Å². The van der Waals surface area contributed by atoms with Crippen LogP contribution in [0.3, 0.4) is 0 Å². The summed E-state index contributed by atoms with van der Waals surface area (Å²) in [6.45, 7) is 7.05. The van der Waals surface area contributed by atoms with Crippen molar-refractivity contribution in [3.63, 3.8) is 0 Å². The minimum absolute atomic E-state index is 0.0581. The first-order valence-electron chi connectivity index (χ1n) is 7.95. The fourth-order valence-corrected chi connectivity index (χ4v) is 3.30. The van der Waals surface area contributed by atoms with E-state index < -0.39 is 0 Å². The third-order valence-electron chi connectivity index (χ3n) is 3.61. The van der Waals surface area contributed by atoms with Crippen LogP contribution in [0, 0.1) is 0 Å². The maximum Gasteiger partial charge on any atom is 0.238 e. The number of thioether (sulfide) groups is 1. The van der Waals surface area contributed by atoms with Gasteiger partial charge in [0.15, 0.2) is 11.5 Å². The molecule has 0 unspecified atom stereocenters. The Morgan fingerprint density at radius 2 is 1.96 bits per heavy atom. The highest BCUT2D eigenvalue weighted by Crippen LogP contribution is 2.35. The van der Waals surface area contributed by atoms with Crippen LogP contribution in [-0.4, -0.2) is 34.2 Å². The van der Waals surface area contributed by atoms with E-state index in [4.69, 9.17) is 9.47 Å². The predicted octanol–water partition coefficient (Wildman–Crippen LogP) is 3.35. The second-order valence-electron chi connectivity index (χ2n) is 5.81. The second kappa shape index (κ2) is 7.17. The van der Waals surface area contributed by atoms with E-state index in [1.807, 2.05) is 39.0 Å². The van der Waals surface area contributed by atoms with Gasteiger partial charge >= 0.3 is 0 Å². The topological polar surface area (TPSA) is 65.4 Å². The van der Waals surface area contributed by atoms with Gasteiger partial charge in [0.2, 0.25) is 5.91 Å². The molecule has 0 saturated carbocycles. The highest BCUT2D eigenvalue weighted by atomic mass is 32.2. The lowest BCUT2D eigenvalue weighted by molar-refractivity contribution is -0.115. The predicted molar refractivity (Wildman–Crippen MR) is 94.0 cm³/mol. The van der Waals surface area contributed by atoms with Crippen LogP contribution in [0.5, 0.6) is 11.5 Å². The second-order valence-corrected chi connectivity index (χ2v) is 7.22. The number of carbonyl (C=O) groups excluding carboxylic acids is 1. The molecule has 1 aromatic heterocycles. The number of carbonyl (C=O) groups is 1. The first-order chi connectivity index (χ1) is 11.5. The van der Waals surface area contributed by atoms with Crippen molar-refractivity contribution in [2.45, 2.75) is 37.0 Å². The SMILES string of the molecule is CC(C)n1nccc1NC(=O)[C@H](C)Sc1ccc2c(c1)OCCO2. The average molecular weight is 347 g/mol. The van der Waals surface area contributed by atoms with Gasteiger partial charge in [-0.3, -0.25) is 4.79 Å². The third kappa shape index (κ3) is 3.67. The molecule has 1 N–H and O–H groups in total. The van der Waals surface area contributed by atoms with E-state index in [0.717, 1.165) is 16.4 Å². The van der Waals surface area contributed by atoms with Gasteiger partial charge in [-0.25, -0.2) is 4.68 Å². The van der Waals surface area contributed by atoms with Crippen molar-refractivity contribution < 1.29 is 14.3 Å². The molecule has 128 valence electrons. The van der Waals surface area contributed by atoms with Crippen LogP contribution in [0.15, 0.2) is 35.4 Å². The summed E-state index contributed by atoms with van der Waals surface area (Å²) < 4.78 is 12.9. The lowest BCUT2D eigenvalue weighted by Gasteiger charge is -2.19. The molecule has 1 atom stereocenters. The number of aromatic nitrogens is 2. The summed E-state index contributed by atoms with van der Waals surface area (Å²) in [4.78, 5) is 13.4. The van der Waals surface area contributed by atoms with E-state index in [-0.39, 0.29) is 17.2 Å². The van der Waals surface area contributed by atoms with Gasteiger partial charge in [0.25, 0.3) is 0 Å². The minimum atomic E-state index is -0.247. The number of anilines is 1. The first-order valence-corrected chi connectivity index (χ1v) is 8.83. The van der Waals surface area contributed by atoms with Gasteiger partial charge in [-0.15, -0.1) is 11.8 Å². The standard InChI is InChI=1S/C17H21N3O3S/c1-11(2)20-16(6-7-18-20)19-17(21)12(3)24-13-4-5-14-15(10-13)23-9-8-22-14/h4-7,10-12H,8-9H2,1-3H3,(H,19,21)/t12-/m0/s1. The molecule has 0 bridgehead atoms. The third-order valence-corrected chi connectivity index (χ3v) is 4.70. The molecule has 2 heterocycles. The molecule has 0 aliphatic carbocycles. The molecule has 0 spiro atoms. The summed E-state index contributed by atoms with van der Waals surface area (Å²) in [6, 6.07) is 7.74. The highest BCUT2D eigenvalue weighted by molar-refractivity contribution is 8.00. The number of nitrogens with zero attached hydrogens (tertiary/aromatic N) is 2. The van der Waals surface area contributed by atoms with Gasteiger partial charge < -0.3 is 14.8 Å². The zero-order valence-electron chi connectivity index (χ0n) is 14.0. The Morgan fingerprint density at radius 1 is 1.21 bits per heavy atom. The Hall–Kier alpha value is -2.15. The Balaban J connectivity index is 1.65. The van der Waals surface area contributed by atoms with Crippen molar-refractivity contribution in [2.24, 2.45) is 0 Å². The molecule has 1 amide bonds. The molecule has 1 aliphatic heterocycles. The van der Waals surface area contributed by atoms with Gasteiger partial charge in [-0.05, 0) is 39.0 Å². The lowest BCUT2D eigenvalue weighted by Crippen LogP contribution is -2.24. The van der Waals surface area contributed by atoms with E-state index in [0.29, 0.717) is 19.0 Å². The summed E-state index contributed by atoms with van der Waals surface area (Å²) in [7, 11) is 0. The number of hydrogen-bond donors (Lipinski definition) is 1. The zero-order valence-corrected chi connectivity index (χ0v) is 14.8. The van der Waals surface area contributed by atoms with Crippen LogP contribution in [0.1, 0.15) is 26.8 Å². The highest BCUT2D eigenvalue weighted by Gasteiger charge is 2.19. The molecule has 0 radical (unpaired) electrons. The van der Waals surface area contributed by atoms with Crippen LogP contribution in [0.2, 0.25) is 0 Å². The minimum Gasteiger partial charge on any atom is -0.486 e. The van der Waals surface area contributed by atoms with Gasteiger partial charge in [0, 0.05) is 17.0 Å². The molecule has 0 fully saturated rings. The van der Waals surface area contributed by atoms with Gasteiger partial charge in [-0.2, -0.15) is 5.10 Å². The summed E-state index contributed by atoms with van der Waals surface area (Å²) >= 11 is 1.48. The zero-order chi connectivity index (χ0) is 17.1. The van der Waals surface area contributed by atoms with Crippen molar-refractivity contribution in [3.05, 3.63) is 30.5 Å². The average Bonchev–Trinajstić information content (AvgIpc) is 3.03. The Labute approximate surface area is 145 Å². The molecular weight excluding hydrogens is 326 g/mol. The number of rotatable bonds is 5. The van der Waals surface area contributed by atoms with E-state index in [1.165, 1.54) is 11.8 Å². The summed E-state index contributed by atoms with van der Waals surface area (Å²) in [5, 5.41) is 6.92. The molecule has 24 heavy (non-hydrogen) atoms. The summed E-state index contributed by atoms with van der Waals surface area (Å²) in [5.74, 6) is 2.14. The number of amides is 1. The molecule has 1 aliphatic rings.